The molecular weight excluding hydrogens is 310 g/mol. The molecule has 0 unspecified atom stereocenters. The third-order valence-corrected chi connectivity index (χ3v) is 5.87. The van der Waals surface area contributed by atoms with Gasteiger partial charge in [-0.1, -0.05) is 12.1 Å². The Morgan fingerprint density at radius 2 is 2.09 bits per heavy atom. The minimum atomic E-state index is -0.910. The van der Waals surface area contributed by atoms with Gasteiger partial charge in [0.2, 0.25) is 5.91 Å². The molecule has 0 bridgehead atoms. The topological polar surface area (TPSA) is 64.0 Å². The third kappa shape index (κ3) is 2.51. The van der Waals surface area contributed by atoms with E-state index in [0.29, 0.717) is 17.3 Å². The van der Waals surface area contributed by atoms with Crippen LogP contribution in [0, 0.1) is 19.8 Å². The van der Waals surface area contributed by atoms with Crippen LogP contribution >= 0.6 is 0 Å². The van der Waals surface area contributed by atoms with Gasteiger partial charge in [-0.05, 0) is 43.9 Å². The van der Waals surface area contributed by atoms with E-state index >= 15 is 0 Å². The number of rotatable bonds is 3. The van der Waals surface area contributed by atoms with Crippen molar-refractivity contribution in [3.05, 3.63) is 40.6 Å². The van der Waals surface area contributed by atoms with E-state index in [0.717, 1.165) is 35.3 Å². The van der Waals surface area contributed by atoms with Crippen molar-refractivity contribution in [3.63, 3.8) is 0 Å². The summed E-state index contributed by atoms with van der Waals surface area (Å²) in [7, 11) is -0.910. The van der Waals surface area contributed by atoms with Gasteiger partial charge < -0.3 is 5.32 Å². The number of carbonyl (C=O) groups is 1. The molecule has 1 fully saturated rings. The average molecular weight is 329 g/mol. The molecule has 6 heteroatoms. The van der Waals surface area contributed by atoms with Gasteiger partial charge in [0.1, 0.15) is 5.82 Å². The van der Waals surface area contributed by atoms with Gasteiger partial charge in [-0.25, -0.2) is 4.68 Å². The number of amides is 1. The van der Waals surface area contributed by atoms with E-state index in [1.807, 2.05) is 16.8 Å². The van der Waals surface area contributed by atoms with Crippen molar-refractivity contribution >= 4 is 22.5 Å². The Morgan fingerprint density at radius 3 is 2.83 bits per heavy atom. The quantitative estimate of drug-likeness (QED) is 0.941. The van der Waals surface area contributed by atoms with Gasteiger partial charge in [-0.2, -0.15) is 5.10 Å². The number of hydrogen-bond donors (Lipinski definition) is 1. The Kier molecular flexibility index (Phi) is 3.37. The van der Waals surface area contributed by atoms with Gasteiger partial charge in [0, 0.05) is 22.3 Å². The zero-order valence-corrected chi connectivity index (χ0v) is 14.1. The summed E-state index contributed by atoms with van der Waals surface area (Å²) < 4.78 is 13.7. The summed E-state index contributed by atoms with van der Waals surface area (Å²) in [6, 6.07) is 6.07. The van der Waals surface area contributed by atoms with Crippen LogP contribution in [0.25, 0.3) is 5.69 Å². The maximum Gasteiger partial charge on any atom is 0.228 e. The van der Waals surface area contributed by atoms with Crippen molar-refractivity contribution in [1.82, 2.24) is 9.78 Å². The van der Waals surface area contributed by atoms with Crippen LogP contribution in [0.4, 0.5) is 5.82 Å². The van der Waals surface area contributed by atoms with Gasteiger partial charge >= 0.3 is 0 Å². The lowest BCUT2D eigenvalue weighted by atomic mass is 10.1. The molecule has 5 nitrogen and oxygen atoms in total. The van der Waals surface area contributed by atoms with Crippen LogP contribution < -0.4 is 5.32 Å². The molecule has 1 amide bonds. The predicted octanol–water partition coefficient (Wildman–Crippen LogP) is 2.60. The highest BCUT2D eigenvalue weighted by molar-refractivity contribution is 7.83. The number of fused-ring (bicyclic) bond motifs is 1. The Balaban J connectivity index is 1.83. The lowest BCUT2D eigenvalue weighted by Gasteiger charge is -2.14. The fourth-order valence-corrected chi connectivity index (χ4v) is 4.22. The second-order valence-electron chi connectivity index (χ2n) is 6.40. The molecule has 1 aliphatic heterocycles. The first-order valence-electron chi connectivity index (χ1n) is 7.88. The van der Waals surface area contributed by atoms with Crippen molar-refractivity contribution in [2.24, 2.45) is 5.92 Å². The van der Waals surface area contributed by atoms with Crippen LogP contribution in [0.2, 0.25) is 0 Å². The van der Waals surface area contributed by atoms with Crippen LogP contribution in [0.15, 0.2) is 18.2 Å². The van der Waals surface area contributed by atoms with Gasteiger partial charge in [0.25, 0.3) is 0 Å². The molecule has 23 heavy (non-hydrogen) atoms. The summed E-state index contributed by atoms with van der Waals surface area (Å²) in [5.41, 5.74) is 5.06. The first-order valence-corrected chi connectivity index (χ1v) is 9.36. The number of carbonyl (C=O) groups excluding carboxylic acids is 1. The van der Waals surface area contributed by atoms with E-state index in [1.54, 1.807) is 0 Å². The second kappa shape index (κ2) is 5.30. The van der Waals surface area contributed by atoms with E-state index < -0.39 is 10.8 Å². The Hall–Kier alpha value is -1.95. The molecule has 1 aliphatic carbocycles. The van der Waals surface area contributed by atoms with Gasteiger partial charge in [-0.15, -0.1) is 0 Å². The van der Waals surface area contributed by atoms with Crippen LogP contribution in [0.5, 0.6) is 0 Å². The van der Waals surface area contributed by atoms with Crippen LogP contribution in [-0.4, -0.2) is 19.9 Å². The Bertz CT molecular complexity index is 837. The van der Waals surface area contributed by atoms with E-state index in [-0.39, 0.29) is 11.8 Å². The Morgan fingerprint density at radius 1 is 1.30 bits per heavy atom. The second-order valence-corrected chi connectivity index (χ2v) is 7.85. The molecule has 1 saturated carbocycles. The third-order valence-electron chi connectivity index (χ3n) is 4.66. The first-order chi connectivity index (χ1) is 11.0. The summed E-state index contributed by atoms with van der Waals surface area (Å²) >= 11 is 0. The lowest BCUT2D eigenvalue weighted by Crippen LogP contribution is -2.18. The van der Waals surface area contributed by atoms with Gasteiger partial charge in [-0.3, -0.25) is 9.00 Å². The van der Waals surface area contributed by atoms with Gasteiger partial charge in [0.15, 0.2) is 0 Å². The summed E-state index contributed by atoms with van der Waals surface area (Å²) in [6.45, 7) is 4.12. The average Bonchev–Trinajstić information content (AvgIpc) is 3.23. The minimum absolute atomic E-state index is 0.0527. The van der Waals surface area contributed by atoms with E-state index in [9.17, 15) is 9.00 Å². The fourth-order valence-electron chi connectivity index (χ4n) is 2.96. The summed E-state index contributed by atoms with van der Waals surface area (Å²) in [5.74, 6) is 1.83. The molecule has 0 radical (unpaired) electrons. The molecule has 0 spiro atoms. The molecule has 1 N–H and O–H groups in total. The van der Waals surface area contributed by atoms with Crippen LogP contribution in [0.3, 0.4) is 0 Å². The number of hydrogen-bond acceptors (Lipinski definition) is 3. The first kappa shape index (κ1) is 14.6. The number of nitrogens with zero attached hydrogens (tertiary/aromatic N) is 2. The minimum Gasteiger partial charge on any atom is -0.310 e. The highest BCUT2D eigenvalue weighted by Gasteiger charge is 2.33. The molecule has 1 atom stereocenters. The number of aryl methyl sites for hydroxylation is 1. The SMILES string of the molecule is Cc1cccc(-n2nc3c(c2NC(=O)C2CC2)C[S@@](=O)C3)c1C. The van der Waals surface area contributed by atoms with E-state index in [4.69, 9.17) is 0 Å². The molecule has 0 saturated heterocycles. The molecule has 2 aliphatic rings. The molecule has 2 aromatic rings. The molecule has 1 aromatic carbocycles. The van der Waals surface area contributed by atoms with E-state index in [1.165, 1.54) is 5.56 Å². The number of aromatic nitrogens is 2. The molecule has 1 aromatic heterocycles. The fraction of sp³-hybridized carbons (Fsp3) is 0.412. The van der Waals surface area contributed by atoms with Crippen molar-refractivity contribution in [2.45, 2.75) is 38.2 Å². The standard InChI is InChI=1S/C17H19N3O2S/c1-10-4-3-5-15(11(10)2)20-16(18-17(21)12-6-7-12)13-8-23(22)9-14(13)19-20/h3-5,12H,6-9H2,1-2H3,(H,18,21)/t23-/m1/s1. The molecule has 120 valence electrons. The Labute approximate surface area is 137 Å². The summed E-state index contributed by atoms with van der Waals surface area (Å²) in [6.07, 6.45) is 1.91. The van der Waals surface area contributed by atoms with Crippen molar-refractivity contribution in [1.29, 1.82) is 0 Å². The lowest BCUT2D eigenvalue weighted by molar-refractivity contribution is -0.117. The normalized spacial score (nSPS) is 19.7. The molecular formula is C17H19N3O2S. The number of nitrogens with one attached hydrogen (secondary N) is 1. The zero-order valence-electron chi connectivity index (χ0n) is 13.3. The van der Waals surface area contributed by atoms with Crippen molar-refractivity contribution in [3.8, 4) is 5.69 Å². The maximum absolute atomic E-state index is 12.3. The monoisotopic (exact) mass is 329 g/mol. The molecule has 2 heterocycles. The maximum atomic E-state index is 12.3. The summed E-state index contributed by atoms with van der Waals surface area (Å²) in [5, 5.41) is 7.70. The highest BCUT2D eigenvalue weighted by Crippen LogP contribution is 2.35. The van der Waals surface area contributed by atoms with Crippen LogP contribution in [-0.2, 0) is 27.1 Å². The predicted molar refractivity (Wildman–Crippen MR) is 89.9 cm³/mol. The highest BCUT2D eigenvalue weighted by atomic mass is 32.2. The van der Waals surface area contributed by atoms with Gasteiger partial charge in [0.05, 0.1) is 22.9 Å². The van der Waals surface area contributed by atoms with Crippen molar-refractivity contribution in [2.75, 3.05) is 5.32 Å². The zero-order chi connectivity index (χ0) is 16.1. The molecule has 4 rings (SSSR count). The largest absolute Gasteiger partial charge is 0.310 e. The number of benzene rings is 1. The summed E-state index contributed by atoms with van der Waals surface area (Å²) in [4.78, 5) is 12.3. The van der Waals surface area contributed by atoms with Crippen molar-refractivity contribution < 1.29 is 9.00 Å². The van der Waals surface area contributed by atoms with E-state index in [2.05, 4.69) is 30.3 Å². The smallest absolute Gasteiger partial charge is 0.228 e. The van der Waals surface area contributed by atoms with Crippen LogP contribution in [0.1, 0.15) is 35.2 Å². The number of anilines is 1.